The second kappa shape index (κ2) is 10.3. The summed E-state index contributed by atoms with van der Waals surface area (Å²) >= 11 is 0. The fourth-order valence-electron chi connectivity index (χ4n) is 4.80. The molecular formula is C30H38O3. The molecule has 2 unspecified atom stereocenters. The van der Waals surface area contributed by atoms with Crippen LogP contribution in [0.25, 0.3) is 0 Å². The second-order valence-electron chi connectivity index (χ2n) is 9.93. The highest BCUT2D eigenvalue weighted by Crippen LogP contribution is 2.44. The van der Waals surface area contributed by atoms with Gasteiger partial charge in [0.1, 0.15) is 17.2 Å². The van der Waals surface area contributed by atoms with Gasteiger partial charge in [0.25, 0.3) is 0 Å². The lowest BCUT2D eigenvalue weighted by atomic mass is 9.66. The highest BCUT2D eigenvalue weighted by atomic mass is 16.5. The average molecular weight is 447 g/mol. The van der Waals surface area contributed by atoms with Gasteiger partial charge in [-0.3, -0.25) is 0 Å². The smallest absolute Gasteiger partial charge is 0.118 e. The predicted molar refractivity (Wildman–Crippen MR) is 137 cm³/mol. The molecule has 0 aliphatic rings. The van der Waals surface area contributed by atoms with Crippen LogP contribution in [0.3, 0.4) is 0 Å². The standard InChI is InChI=1S/C30H38O3/c1-22(23-8-16-27(32-5)17-9-23)30(4,25-10-14-26(31)15-11-25)21-7-20-29(2,3)24-12-18-28(33-6)19-13-24/h8-19,22,31H,7,20-21H2,1-6H3. The van der Waals surface area contributed by atoms with E-state index < -0.39 is 0 Å². The number of methoxy groups -OCH3 is 2. The van der Waals surface area contributed by atoms with Gasteiger partial charge in [-0.05, 0) is 82.7 Å². The zero-order valence-electron chi connectivity index (χ0n) is 20.9. The van der Waals surface area contributed by atoms with Gasteiger partial charge in [-0.1, -0.05) is 70.5 Å². The third-order valence-corrected chi connectivity index (χ3v) is 7.47. The van der Waals surface area contributed by atoms with Crippen molar-refractivity contribution in [2.45, 2.75) is 63.7 Å². The van der Waals surface area contributed by atoms with Crippen LogP contribution in [-0.4, -0.2) is 19.3 Å². The van der Waals surface area contributed by atoms with Gasteiger partial charge in [0.15, 0.2) is 0 Å². The number of benzene rings is 3. The Morgan fingerprint density at radius 3 is 1.70 bits per heavy atom. The van der Waals surface area contributed by atoms with E-state index in [4.69, 9.17) is 9.47 Å². The molecule has 3 aromatic rings. The maximum atomic E-state index is 9.86. The second-order valence-corrected chi connectivity index (χ2v) is 9.93. The van der Waals surface area contributed by atoms with Crippen LogP contribution in [0, 0.1) is 0 Å². The van der Waals surface area contributed by atoms with Crippen LogP contribution >= 0.6 is 0 Å². The predicted octanol–water partition coefficient (Wildman–Crippen LogP) is 7.62. The zero-order valence-corrected chi connectivity index (χ0v) is 20.9. The SMILES string of the molecule is COc1ccc(C(C)C(C)(CCCC(C)(C)c2ccc(OC)cc2)c2ccc(O)cc2)cc1. The number of phenols is 1. The van der Waals surface area contributed by atoms with Crippen molar-refractivity contribution in [2.24, 2.45) is 0 Å². The van der Waals surface area contributed by atoms with Crippen molar-refractivity contribution in [3.63, 3.8) is 0 Å². The summed E-state index contributed by atoms with van der Waals surface area (Å²) in [5, 5.41) is 9.86. The molecule has 3 rings (SSSR count). The van der Waals surface area contributed by atoms with E-state index in [9.17, 15) is 5.11 Å². The Bertz CT molecular complexity index is 1000. The number of ether oxygens (including phenoxy) is 2. The molecule has 0 radical (unpaired) electrons. The first-order chi connectivity index (χ1) is 15.7. The lowest BCUT2D eigenvalue weighted by molar-refractivity contribution is 0.329. The average Bonchev–Trinajstić information content (AvgIpc) is 2.83. The first kappa shape index (κ1) is 24.7. The zero-order chi connectivity index (χ0) is 24.1. The van der Waals surface area contributed by atoms with E-state index >= 15 is 0 Å². The molecule has 0 spiro atoms. The Morgan fingerprint density at radius 1 is 0.697 bits per heavy atom. The molecule has 33 heavy (non-hydrogen) atoms. The Morgan fingerprint density at radius 2 is 1.18 bits per heavy atom. The Balaban J connectivity index is 1.82. The van der Waals surface area contributed by atoms with Crippen LogP contribution in [0.2, 0.25) is 0 Å². The summed E-state index contributed by atoms with van der Waals surface area (Å²) in [5.41, 5.74) is 3.88. The van der Waals surface area contributed by atoms with Gasteiger partial charge >= 0.3 is 0 Å². The largest absolute Gasteiger partial charge is 0.508 e. The molecule has 0 bridgehead atoms. The molecule has 3 aromatic carbocycles. The number of aromatic hydroxyl groups is 1. The summed E-state index contributed by atoms with van der Waals surface area (Å²) in [7, 11) is 3.40. The molecule has 1 N–H and O–H groups in total. The van der Waals surface area contributed by atoms with Gasteiger partial charge in [0, 0.05) is 0 Å². The maximum absolute atomic E-state index is 9.86. The molecular weight excluding hydrogens is 408 g/mol. The van der Waals surface area contributed by atoms with Gasteiger partial charge in [-0.2, -0.15) is 0 Å². The third-order valence-electron chi connectivity index (χ3n) is 7.47. The van der Waals surface area contributed by atoms with Crippen LogP contribution in [0.15, 0.2) is 72.8 Å². The summed E-state index contributed by atoms with van der Waals surface area (Å²) in [5.74, 6) is 2.37. The summed E-state index contributed by atoms with van der Waals surface area (Å²) < 4.78 is 10.7. The molecule has 0 fully saturated rings. The third kappa shape index (κ3) is 5.71. The molecule has 176 valence electrons. The quantitative estimate of drug-likeness (QED) is 0.348. The van der Waals surface area contributed by atoms with E-state index in [1.165, 1.54) is 16.7 Å². The van der Waals surface area contributed by atoms with Gasteiger partial charge in [0.05, 0.1) is 14.2 Å². The van der Waals surface area contributed by atoms with Gasteiger partial charge in [-0.15, -0.1) is 0 Å². The van der Waals surface area contributed by atoms with Crippen LogP contribution < -0.4 is 9.47 Å². The molecule has 0 aliphatic heterocycles. The molecule has 3 nitrogen and oxygen atoms in total. The molecule has 0 aliphatic carbocycles. The van der Waals surface area contributed by atoms with Crippen LogP contribution in [0.4, 0.5) is 0 Å². The summed E-state index contributed by atoms with van der Waals surface area (Å²) in [6.45, 7) is 9.30. The summed E-state index contributed by atoms with van der Waals surface area (Å²) in [6, 6.07) is 24.6. The highest BCUT2D eigenvalue weighted by molar-refractivity contribution is 5.38. The molecule has 0 saturated carbocycles. The van der Waals surface area contributed by atoms with Crippen molar-refractivity contribution >= 4 is 0 Å². The van der Waals surface area contributed by atoms with Crippen molar-refractivity contribution in [1.82, 2.24) is 0 Å². The van der Waals surface area contributed by atoms with E-state index in [2.05, 4.69) is 64.1 Å². The summed E-state index contributed by atoms with van der Waals surface area (Å²) in [4.78, 5) is 0. The minimum Gasteiger partial charge on any atom is -0.508 e. The first-order valence-corrected chi connectivity index (χ1v) is 11.8. The number of rotatable bonds is 10. The fraction of sp³-hybridized carbons (Fsp3) is 0.400. The van der Waals surface area contributed by atoms with E-state index in [0.29, 0.717) is 11.7 Å². The van der Waals surface area contributed by atoms with Crippen molar-refractivity contribution in [2.75, 3.05) is 14.2 Å². The van der Waals surface area contributed by atoms with E-state index in [0.717, 1.165) is 30.8 Å². The number of hydrogen-bond acceptors (Lipinski definition) is 3. The molecule has 0 heterocycles. The van der Waals surface area contributed by atoms with Crippen molar-refractivity contribution < 1.29 is 14.6 Å². The maximum Gasteiger partial charge on any atom is 0.118 e. The van der Waals surface area contributed by atoms with Crippen LogP contribution in [-0.2, 0) is 10.8 Å². The number of hydrogen-bond donors (Lipinski definition) is 1. The lowest BCUT2D eigenvalue weighted by Crippen LogP contribution is -2.30. The van der Waals surface area contributed by atoms with Crippen LogP contribution in [0.5, 0.6) is 17.2 Å². The van der Waals surface area contributed by atoms with Gasteiger partial charge < -0.3 is 14.6 Å². The lowest BCUT2D eigenvalue weighted by Gasteiger charge is -2.38. The molecule has 3 heteroatoms. The molecule has 0 aromatic heterocycles. The molecule has 0 amide bonds. The highest BCUT2D eigenvalue weighted by Gasteiger charge is 2.34. The fourth-order valence-corrected chi connectivity index (χ4v) is 4.80. The van der Waals surface area contributed by atoms with E-state index in [1.807, 2.05) is 24.3 Å². The number of phenolic OH excluding ortho intramolecular Hbond substituents is 1. The van der Waals surface area contributed by atoms with E-state index in [-0.39, 0.29) is 10.8 Å². The van der Waals surface area contributed by atoms with Gasteiger partial charge in [-0.25, -0.2) is 0 Å². The Labute approximate surface area is 199 Å². The monoisotopic (exact) mass is 446 g/mol. The van der Waals surface area contributed by atoms with Gasteiger partial charge in [0.2, 0.25) is 0 Å². The van der Waals surface area contributed by atoms with Crippen molar-refractivity contribution in [1.29, 1.82) is 0 Å². The molecule has 2 atom stereocenters. The topological polar surface area (TPSA) is 38.7 Å². The Kier molecular flexibility index (Phi) is 7.73. The van der Waals surface area contributed by atoms with Crippen molar-refractivity contribution in [3.8, 4) is 17.2 Å². The van der Waals surface area contributed by atoms with E-state index in [1.54, 1.807) is 26.4 Å². The summed E-state index contributed by atoms with van der Waals surface area (Å²) in [6.07, 6.45) is 3.23. The Hall–Kier alpha value is -2.94. The first-order valence-electron chi connectivity index (χ1n) is 11.8. The minimum atomic E-state index is -0.0712. The van der Waals surface area contributed by atoms with Crippen LogP contribution in [0.1, 0.15) is 69.6 Å². The molecule has 0 saturated heterocycles. The van der Waals surface area contributed by atoms with Crippen molar-refractivity contribution in [3.05, 3.63) is 89.5 Å². The minimum absolute atomic E-state index is 0.0712. The normalized spacial score (nSPS) is 14.4.